The van der Waals surface area contributed by atoms with Crippen LogP contribution in [0.15, 0.2) is 36.5 Å². The molecule has 6 nitrogen and oxygen atoms in total. The number of nitro groups is 1. The van der Waals surface area contributed by atoms with Crippen LogP contribution in [-0.4, -0.2) is 17.0 Å². The molecule has 28 heavy (non-hydrogen) atoms. The topological polar surface area (TPSA) is 74.5 Å². The van der Waals surface area contributed by atoms with Crippen molar-refractivity contribution >= 4 is 28.2 Å². The van der Waals surface area contributed by atoms with E-state index in [1.165, 1.54) is 19.4 Å². The quantitative estimate of drug-likeness (QED) is 0.392. The van der Waals surface area contributed by atoms with Gasteiger partial charge in [-0.1, -0.05) is 11.6 Å². The minimum atomic E-state index is -4.67. The van der Waals surface area contributed by atoms with Gasteiger partial charge in [0.25, 0.3) is 5.69 Å². The van der Waals surface area contributed by atoms with Crippen LogP contribution < -0.4 is 9.47 Å². The maximum absolute atomic E-state index is 13.1. The van der Waals surface area contributed by atoms with E-state index in [1.807, 2.05) is 0 Å². The maximum Gasteiger partial charge on any atom is 0.417 e. The highest BCUT2D eigenvalue weighted by Crippen LogP contribution is 2.45. The lowest BCUT2D eigenvalue weighted by molar-refractivity contribution is -0.383. The van der Waals surface area contributed by atoms with Crippen molar-refractivity contribution in [3.05, 3.63) is 62.8 Å². The van der Waals surface area contributed by atoms with E-state index >= 15 is 0 Å². The van der Waals surface area contributed by atoms with Gasteiger partial charge in [-0.05, 0) is 36.8 Å². The lowest BCUT2D eigenvalue weighted by Gasteiger charge is -2.16. The van der Waals surface area contributed by atoms with Gasteiger partial charge in [0.05, 0.1) is 34.1 Å². The predicted octanol–water partition coefficient (Wildman–Crippen LogP) is 5.92. The molecule has 10 heteroatoms. The van der Waals surface area contributed by atoms with Crippen LogP contribution in [0.25, 0.3) is 10.9 Å². The molecule has 3 aromatic rings. The number of fused-ring (bicyclic) bond motifs is 1. The zero-order valence-electron chi connectivity index (χ0n) is 14.5. The molecule has 0 fully saturated rings. The van der Waals surface area contributed by atoms with Crippen LogP contribution in [0.5, 0.6) is 17.2 Å². The van der Waals surface area contributed by atoms with Crippen LogP contribution in [0, 0.1) is 17.0 Å². The van der Waals surface area contributed by atoms with Crippen LogP contribution in [0.3, 0.4) is 0 Å². The Morgan fingerprint density at radius 3 is 2.54 bits per heavy atom. The highest BCUT2D eigenvalue weighted by Gasteiger charge is 2.34. The number of ether oxygens (including phenoxy) is 2. The van der Waals surface area contributed by atoms with Gasteiger partial charge in [0.2, 0.25) is 0 Å². The molecule has 0 bridgehead atoms. The summed E-state index contributed by atoms with van der Waals surface area (Å²) >= 11 is 5.63. The van der Waals surface area contributed by atoms with Crippen LogP contribution in [-0.2, 0) is 6.18 Å². The smallest absolute Gasteiger partial charge is 0.417 e. The Hall–Kier alpha value is -3.07. The Bertz CT molecular complexity index is 1090. The number of hydrogen-bond acceptors (Lipinski definition) is 5. The fraction of sp³-hybridized carbons (Fsp3) is 0.167. The summed E-state index contributed by atoms with van der Waals surface area (Å²) in [6.45, 7) is 1.67. The van der Waals surface area contributed by atoms with Gasteiger partial charge in [0, 0.05) is 6.20 Å². The number of alkyl halides is 3. The number of rotatable bonds is 4. The molecule has 146 valence electrons. The molecule has 0 aliphatic rings. The van der Waals surface area contributed by atoms with E-state index in [0.29, 0.717) is 5.56 Å². The van der Waals surface area contributed by atoms with E-state index < -0.39 is 21.7 Å². The summed E-state index contributed by atoms with van der Waals surface area (Å²) in [5.74, 6) is -0.156. The van der Waals surface area contributed by atoms with Gasteiger partial charge in [-0.25, -0.2) is 4.98 Å². The van der Waals surface area contributed by atoms with Gasteiger partial charge in [-0.2, -0.15) is 13.2 Å². The van der Waals surface area contributed by atoms with Gasteiger partial charge in [0.15, 0.2) is 17.0 Å². The number of non-ortho nitro benzene ring substituents is 1. The van der Waals surface area contributed by atoms with E-state index in [1.54, 1.807) is 13.0 Å². The molecular weight excluding hydrogens is 401 g/mol. The number of aromatic nitrogens is 1. The summed E-state index contributed by atoms with van der Waals surface area (Å²) in [6, 6.07) is 5.79. The van der Waals surface area contributed by atoms with E-state index in [2.05, 4.69) is 4.98 Å². The van der Waals surface area contributed by atoms with Crippen LogP contribution in [0.1, 0.15) is 11.1 Å². The van der Waals surface area contributed by atoms with Gasteiger partial charge in [0.1, 0.15) is 5.75 Å². The van der Waals surface area contributed by atoms with E-state index in [9.17, 15) is 23.3 Å². The third-order valence-corrected chi connectivity index (χ3v) is 4.33. The molecule has 0 amide bonds. The highest BCUT2D eigenvalue weighted by atomic mass is 35.5. The molecule has 0 aliphatic heterocycles. The number of methoxy groups -OCH3 is 1. The van der Waals surface area contributed by atoms with Crippen molar-refractivity contribution < 1.29 is 27.6 Å². The van der Waals surface area contributed by atoms with Crippen LogP contribution in [0.4, 0.5) is 18.9 Å². The Morgan fingerprint density at radius 2 is 1.93 bits per heavy atom. The normalized spacial score (nSPS) is 11.5. The zero-order chi connectivity index (χ0) is 20.6. The SMILES string of the molecule is COc1cc([N+](=O)[O-])c2nccc(C)c2c1Oc1ccc(Cl)c(C(F)(F)F)c1. The Labute approximate surface area is 161 Å². The van der Waals surface area contributed by atoms with Crippen molar-refractivity contribution in [3.8, 4) is 17.2 Å². The molecule has 0 radical (unpaired) electrons. The number of nitrogens with zero attached hydrogens (tertiary/aromatic N) is 2. The molecule has 0 atom stereocenters. The maximum atomic E-state index is 13.1. The van der Waals surface area contributed by atoms with Crippen LogP contribution >= 0.6 is 11.6 Å². The minimum absolute atomic E-state index is 0.0150. The highest BCUT2D eigenvalue weighted by molar-refractivity contribution is 6.31. The zero-order valence-corrected chi connectivity index (χ0v) is 15.3. The number of aryl methyl sites for hydroxylation is 1. The first-order valence-electron chi connectivity index (χ1n) is 7.78. The molecule has 0 spiro atoms. The molecular formula is C18H12ClF3N2O4. The number of halogens is 4. The van der Waals surface area contributed by atoms with Gasteiger partial charge >= 0.3 is 6.18 Å². The molecule has 1 aromatic heterocycles. The lowest BCUT2D eigenvalue weighted by Crippen LogP contribution is -2.06. The average Bonchev–Trinajstić information content (AvgIpc) is 2.62. The summed E-state index contributed by atoms with van der Waals surface area (Å²) in [7, 11) is 1.27. The Balaban J connectivity index is 2.24. The van der Waals surface area contributed by atoms with Gasteiger partial charge in [-0.3, -0.25) is 10.1 Å². The molecule has 1 heterocycles. The monoisotopic (exact) mass is 412 g/mol. The minimum Gasteiger partial charge on any atom is -0.493 e. The summed E-state index contributed by atoms with van der Waals surface area (Å²) in [5.41, 5.74) is -0.764. The molecule has 0 N–H and O–H groups in total. The Morgan fingerprint density at radius 1 is 1.21 bits per heavy atom. The number of nitro benzene ring substituents is 1. The van der Waals surface area contributed by atoms with Gasteiger partial charge in [-0.15, -0.1) is 0 Å². The summed E-state index contributed by atoms with van der Waals surface area (Å²) in [4.78, 5) is 14.8. The van der Waals surface area contributed by atoms with Crippen molar-refractivity contribution in [2.75, 3.05) is 7.11 Å². The standard InChI is InChI=1S/C18H12ClF3N2O4/c1-9-5-6-23-16-13(24(25)26)8-14(27-2)17(15(9)16)28-10-3-4-12(19)11(7-10)18(20,21)22/h3-8H,1-2H3. The largest absolute Gasteiger partial charge is 0.493 e. The second kappa shape index (κ2) is 7.16. The van der Waals surface area contributed by atoms with Crippen molar-refractivity contribution in [3.63, 3.8) is 0 Å². The molecule has 0 aliphatic carbocycles. The average molecular weight is 413 g/mol. The van der Waals surface area contributed by atoms with E-state index in [-0.39, 0.29) is 33.8 Å². The van der Waals surface area contributed by atoms with E-state index in [0.717, 1.165) is 18.2 Å². The third-order valence-electron chi connectivity index (χ3n) is 4.00. The van der Waals surface area contributed by atoms with Crippen molar-refractivity contribution in [2.45, 2.75) is 13.1 Å². The second-order valence-electron chi connectivity index (χ2n) is 5.78. The molecule has 0 unspecified atom stereocenters. The first kappa shape index (κ1) is 19.7. The van der Waals surface area contributed by atoms with Crippen LogP contribution in [0.2, 0.25) is 5.02 Å². The molecule has 0 saturated carbocycles. The molecule has 0 saturated heterocycles. The number of benzene rings is 2. The first-order valence-corrected chi connectivity index (χ1v) is 8.16. The van der Waals surface area contributed by atoms with Crippen molar-refractivity contribution in [1.29, 1.82) is 0 Å². The summed E-state index contributed by atoms with van der Waals surface area (Å²) < 4.78 is 50.2. The van der Waals surface area contributed by atoms with Gasteiger partial charge < -0.3 is 9.47 Å². The Kier molecular flexibility index (Phi) is 5.03. The summed E-state index contributed by atoms with van der Waals surface area (Å²) in [6.07, 6.45) is -3.28. The second-order valence-corrected chi connectivity index (χ2v) is 6.18. The third kappa shape index (κ3) is 3.53. The first-order chi connectivity index (χ1) is 13.1. The lowest BCUT2D eigenvalue weighted by atomic mass is 10.1. The summed E-state index contributed by atoms with van der Waals surface area (Å²) in [5, 5.41) is 11.2. The predicted molar refractivity (Wildman–Crippen MR) is 96.2 cm³/mol. The fourth-order valence-electron chi connectivity index (χ4n) is 2.72. The number of hydrogen-bond donors (Lipinski definition) is 0. The number of pyridine rings is 1. The molecule has 2 aromatic carbocycles. The van der Waals surface area contributed by atoms with E-state index in [4.69, 9.17) is 21.1 Å². The van der Waals surface area contributed by atoms with Crippen molar-refractivity contribution in [1.82, 2.24) is 4.98 Å². The molecule has 3 rings (SSSR count). The van der Waals surface area contributed by atoms with Crippen molar-refractivity contribution in [2.24, 2.45) is 0 Å². The fourth-order valence-corrected chi connectivity index (χ4v) is 2.94.